The number of ether oxygens (including phenoxy) is 1. The van der Waals surface area contributed by atoms with Gasteiger partial charge in [0.1, 0.15) is 12.1 Å². The molecule has 0 aliphatic carbocycles. The summed E-state index contributed by atoms with van der Waals surface area (Å²) in [5.41, 5.74) is 4.25. The largest absolute Gasteiger partial charge is 0.496 e. The van der Waals surface area contributed by atoms with Crippen LogP contribution in [-0.4, -0.2) is 27.9 Å². The Morgan fingerprint density at radius 2 is 1.83 bits per heavy atom. The number of hydrogen-bond donors (Lipinski definition) is 3. The second-order valence-corrected chi connectivity index (χ2v) is 5.71. The number of hydrogen-bond acceptors (Lipinski definition) is 8. The Labute approximate surface area is 168 Å². The fourth-order valence-electron chi connectivity index (χ4n) is 2.46. The summed E-state index contributed by atoms with van der Waals surface area (Å²) in [6.07, 6.45) is 0.993. The third-order valence-corrected chi connectivity index (χ3v) is 3.83. The van der Waals surface area contributed by atoms with Crippen molar-refractivity contribution in [2.45, 2.75) is 0 Å². The highest BCUT2D eigenvalue weighted by molar-refractivity contribution is 5.97. The van der Waals surface area contributed by atoms with Crippen molar-refractivity contribution >= 4 is 28.9 Å². The molecule has 2 aromatic carbocycles. The van der Waals surface area contributed by atoms with Crippen LogP contribution in [0.3, 0.4) is 0 Å². The number of nitrogens with one attached hydrogen (secondary N) is 3. The Morgan fingerprint density at radius 1 is 1.10 bits per heavy atom. The SMILES string of the molecule is COc1ccccc1C(=O)NNc1ncnc(Nc2ccc(F)c(F)c2)c1[N+](=O)[O-]. The Balaban J connectivity index is 1.84. The van der Waals surface area contributed by atoms with Crippen molar-refractivity contribution < 1.29 is 23.2 Å². The fraction of sp³-hybridized carbons (Fsp3) is 0.0556. The molecule has 0 fully saturated rings. The van der Waals surface area contributed by atoms with Gasteiger partial charge in [0.05, 0.1) is 17.6 Å². The van der Waals surface area contributed by atoms with Gasteiger partial charge in [-0.1, -0.05) is 12.1 Å². The molecule has 3 rings (SSSR count). The average molecular weight is 416 g/mol. The van der Waals surface area contributed by atoms with Crippen LogP contribution in [0, 0.1) is 21.7 Å². The second-order valence-electron chi connectivity index (χ2n) is 5.71. The minimum absolute atomic E-state index is 0.0275. The van der Waals surface area contributed by atoms with Crippen molar-refractivity contribution in [1.82, 2.24) is 15.4 Å². The van der Waals surface area contributed by atoms with Gasteiger partial charge in [0, 0.05) is 11.8 Å². The smallest absolute Gasteiger partial charge is 0.355 e. The maximum Gasteiger partial charge on any atom is 0.355 e. The standard InChI is InChI=1S/C18H14F2N6O4/c1-30-14-5-3-2-4-11(14)18(27)25-24-17-15(26(28)29)16(21-9-22-17)23-10-6-7-12(19)13(20)8-10/h2-9H,1H3,(H,25,27)(H2,21,22,23,24). The summed E-state index contributed by atoms with van der Waals surface area (Å²) in [4.78, 5) is 30.6. The fourth-order valence-corrected chi connectivity index (χ4v) is 2.46. The van der Waals surface area contributed by atoms with Crippen molar-refractivity contribution in [3.63, 3.8) is 0 Å². The lowest BCUT2D eigenvalue weighted by Crippen LogP contribution is -2.30. The molecule has 0 spiro atoms. The molecule has 0 saturated heterocycles. The molecule has 0 atom stereocenters. The number of rotatable bonds is 7. The number of anilines is 3. The summed E-state index contributed by atoms with van der Waals surface area (Å²) in [6, 6.07) is 9.23. The maximum atomic E-state index is 13.4. The molecule has 10 nitrogen and oxygen atoms in total. The number of amides is 1. The molecular weight excluding hydrogens is 402 g/mol. The molecule has 0 saturated carbocycles. The van der Waals surface area contributed by atoms with Crippen molar-refractivity contribution in [2.24, 2.45) is 0 Å². The average Bonchev–Trinajstić information content (AvgIpc) is 2.74. The number of para-hydroxylation sites is 1. The molecule has 30 heavy (non-hydrogen) atoms. The Hall–Kier alpha value is -4.35. The summed E-state index contributed by atoms with van der Waals surface area (Å²) < 4.78 is 31.6. The first-order valence-electron chi connectivity index (χ1n) is 8.31. The van der Waals surface area contributed by atoms with Crippen LogP contribution >= 0.6 is 0 Å². The summed E-state index contributed by atoms with van der Waals surface area (Å²) in [5.74, 6) is -3.16. The molecule has 1 heterocycles. The highest BCUT2D eigenvalue weighted by Crippen LogP contribution is 2.31. The van der Waals surface area contributed by atoms with E-state index in [0.717, 1.165) is 18.5 Å². The molecule has 3 N–H and O–H groups in total. The molecule has 1 aromatic heterocycles. The third-order valence-electron chi connectivity index (χ3n) is 3.83. The number of hydrazine groups is 1. The Bertz CT molecular complexity index is 1110. The van der Waals surface area contributed by atoms with Crippen molar-refractivity contribution in [3.8, 4) is 5.75 Å². The van der Waals surface area contributed by atoms with Crippen LogP contribution < -0.4 is 20.9 Å². The van der Waals surface area contributed by atoms with Gasteiger partial charge in [0.15, 0.2) is 11.6 Å². The molecule has 12 heteroatoms. The number of nitro groups is 1. The molecule has 0 unspecified atom stereocenters. The van der Waals surface area contributed by atoms with E-state index in [1.165, 1.54) is 19.2 Å². The number of carbonyl (C=O) groups is 1. The van der Waals surface area contributed by atoms with Gasteiger partial charge in [-0.15, -0.1) is 0 Å². The van der Waals surface area contributed by atoms with Crippen LogP contribution in [0.25, 0.3) is 0 Å². The monoisotopic (exact) mass is 416 g/mol. The highest BCUT2D eigenvalue weighted by atomic mass is 19.2. The number of carbonyl (C=O) groups excluding carboxylic acids is 1. The Kier molecular flexibility index (Phi) is 5.96. The first kappa shape index (κ1) is 20.4. The van der Waals surface area contributed by atoms with Gasteiger partial charge in [-0.05, 0) is 24.3 Å². The molecule has 154 valence electrons. The Morgan fingerprint density at radius 3 is 2.53 bits per heavy atom. The minimum atomic E-state index is -1.14. The molecule has 3 aromatic rings. The van der Waals surface area contributed by atoms with Crippen molar-refractivity contribution in [3.05, 3.63) is 76.1 Å². The van der Waals surface area contributed by atoms with E-state index in [9.17, 15) is 23.7 Å². The summed E-state index contributed by atoms with van der Waals surface area (Å²) in [7, 11) is 1.39. The number of halogens is 2. The van der Waals surface area contributed by atoms with E-state index in [-0.39, 0.29) is 22.9 Å². The van der Waals surface area contributed by atoms with Crippen LogP contribution in [0.5, 0.6) is 5.75 Å². The predicted octanol–water partition coefficient (Wildman–Crippen LogP) is 3.17. The van der Waals surface area contributed by atoms with Gasteiger partial charge < -0.3 is 10.1 Å². The van der Waals surface area contributed by atoms with Crippen molar-refractivity contribution in [1.29, 1.82) is 0 Å². The molecule has 0 aliphatic rings. The molecule has 0 aliphatic heterocycles. The third kappa shape index (κ3) is 4.38. The molecule has 1 amide bonds. The van der Waals surface area contributed by atoms with Crippen LogP contribution in [0.15, 0.2) is 48.8 Å². The van der Waals surface area contributed by atoms with Gasteiger partial charge in [-0.2, -0.15) is 0 Å². The number of benzene rings is 2. The molecule has 0 bridgehead atoms. The van der Waals surface area contributed by atoms with Crippen LogP contribution in [0.2, 0.25) is 0 Å². The van der Waals surface area contributed by atoms with Gasteiger partial charge >= 0.3 is 5.69 Å². The van der Waals surface area contributed by atoms with Crippen LogP contribution in [0.1, 0.15) is 10.4 Å². The second kappa shape index (κ2) is 8.77. The zero-order valence-corrected chi connectivity index (χ0v) is 15.3. The predicted molar refractivity (Wildman–Crippen MR) is 102 cm³/mol. The zero-order chi connectivity index (χ0) is 21.7. The number of aromatic nitrogens is 2. The van der Waals surface area contributed by atoms with Crippen LogP contribution in [-0.2, 0) is 0 Å². The summed E-state index contributed by atoms with van der Waals surface area (Å²) in [5, 5.41) is 14.1. The number of methoxy groups -OCH3 is 1. The van der Waals surface area contributed by atoms with E-state index < -0.39 is 28.2 Å². The molecule has 0 radical (unpaired) electrons. The summed E-state index contributed by atoms with van der Waals surface area (Å²) >= 11 is 0. The maximum absolute atomic E-state index is 13.4. The zero-order valence-electron chi connectivity index (χ0n) is 15.3. The van der Waals surface area contributed by atoms with E-state index in [2.05, 4.69) is 26.1 Å². The first-order chi connectivity index (χ1) is 14.4. The van der Waals surface area contributed by atoms with E-state index in [1.54, 1.807) is 18.2 Å². The van der Waals surface area contributed by atoms with Gasteiger partial charge in [0.2, 0.25) is 11.6 Å². The lowest BCUT2D eigenvalue weighted by molar-refractivity contribution is -0.383. The first-order valence-corrected chi connectivity index (χ1v) is 8.31. The van der Waals surface area contributed by atoms with Gasteiger partial charge in [-0.25, -0.2) is 18.7 Å². The number of nitrogens with zero attached hydrogens (tertiary/aromatic N) is 3. The van der Waals surface area contributed by atoms with Crippen molar-refractivity contribution in [2.75, 3.05) is 17.9 Å². The van der Waals surface area contributed by atoms with E-state index in [1.807, 2.05) is 0 Å². The van der Waals surface area contributed by atoms with Gasteiger partial charge in [-0.3, -0.25) is 25.8 Å². The summed E-state index contributed by atoms with van der Waals surface area (Å²) in [6.45, 7) is 0. The minimum Gasteiger partial charge on any atom is -0.496 e. The normalized spacial score (nSPS) is 10.2. The molecular formula is C18H14F2N6O4. The lowest BCUT2D eigenvalue weighted by Gasteiger charge is -2.12. The van der Waals surface area contributed by atoms with Gasteiger partial charge in [0.25, 0.3) is 5.91 Å². The topological polar surface area (TPSA) is 131 Å². The quantitative estimate of drug-likeness (QED) is 0.395. The van der Waals surface area contributed by atoms with E-state index >= 15 is 0 Å². The lowest BCUT2D eigenvalue weighted by atomic mass is 10.2. The van der Waals surface area contributed by atoms with Crippen LogP contribution in [0.4, 0.5) is 31.8 Å². The van der Waals surface area contributed by atoms with E-state index in [0.29, 0.717) is 5.75 Å². The van der Waals surface area contributed by atoms with E-state index in [4.69, 9.17) is 4.74 Å². The highest BCUT2D eigenvalue weighted by Gasteiger charge is 2.24.